The molecule has 1 spiro atoms. The van der Waals surface area contributed by atoms with Gasteiger partial charge in [0.15, 0.2) is 5.03 Å². The molecule has 1 saturated carbocycles. The van der Waals surface area contributed by atoms with Gasteiger partial charge in [-0.05, 0) is 57.4 Å². The fraction of sp³-hybridized carbons (Fsp3) is 0.565. The number of aromatic nitrogens is 2. The monoisotopic (exact) mass is 523 g/mol. The molecule has 192 valence electrons. The first kappa shape index (κ1) is 25.6. The number of amides is 1. The number of anilines is 2. The van der Waals surface area contributed by atoms with Crippen LogP contribution >= 0.6 is 0 Å². The number of nitrogens with one attached hydrogen (secondary N) is 2. The van der Waals surface area contributed by atoms with Crippen LogP contribution in [0.5, 0.6) is 0 Å². The molecule has 0 radical (unpaired) electrons. The van der Waals surface area contributed by atoms with Crippen molar-refractivity contribution >= 4 is 37.3 Å². The Hall–Kier alpha value is -2.44. The van der Waals surface area contributed by atoms with E-state index >= 15 is 0 Å². The van der Waals surface area contributed by atoms with Crippen molar-refractivity contribution in [2.75, 3.05) is 22.4 Å². The van der Waals surface area contributed by atoms with Gasteiger partial charge in [0.05, 0.1) is 6.26 Å². The summed E-state index contributed by atoms with van der Waals surface area (Å²) in [5.41, 5.74) is 1.33. The zero-order valence-corrected chi connectivity index (χ0v) is 22.4. The first-order chi connectivity index (χ1) is 16.1. The SMILES string of the molecule is Cn1nc(S(=O)(=O)NC(C)(C)C)cc1C(=O)N1CC2(CCCCC2)c2cc(NS(C)(=O)=O)ccc21. The number of aryl methyl sites for hydroxylation is 1. The second kappa shape index (κ2) is 8.59. The molecular formula is C23H33N5O5S2. The van der Waals surface area contributed by atoms with Gasteiger partial charge in [-0.1, -0.05) is 19.3 Å². The van der Waals surface area contributed by atoms with Crippen molar-refractivity contribution in [2.45, 2.75) is 68.9 Å². The zero-order valence-electron chi connectivity index (χ0n) is 20.8. The second-order valence-corrected chi connectivity index (χ2v) is 14.1. The third-order valence-electron chi connectivity index (χ3n) is 6.47. The van der Waals surface area contributed by atoms with Crippen molar-refractivity contribution in [2.24, 2.45) is 7.05 Å². The summed E-state index contributed by atoms with van der Waals surface area (Å²) in [6.45, 7) is 5.66. The van der Waals surface area contributed by atoms with Crippen LogP contribution in [0.4, 0.5) is 11.4 Å². The average Bonchev–Trinajstić information content (AvgIpc) is 3.25. The first-order valence-corrected chi connectivity index (χ1v) is 15.0. The van der Waals surface area contributed by atoms with Gasteiger partial charge in [0.1, 0.15) is 5.69 Å². The summed E-state index contributed by atoms with van der Waals surface area (Å²) in [7, 11) is -5.80. The molecule has 2 heterocycles. The Morgan fingerprint density at radius 2 is 1.71 bits per heavy atom. The van der Waals surface area contributed by atoms with E-state index in [1.165, 1.54) is 10.7 Å². The van der Waals surface area contributed by atoms with Gasteiger partial charge in [0.2, 0.25) is 10.0 Å². The van der Waals surface area contributed by atoms with Gasteiger partial charge in [0.25, 0.3) is 15.9 Å². The third-order valence-corrected chi connectivity index (χ3v) is 8.71. The molecule has 0 unspecified atom stereocenters. The van der Waals surface area contributed by atoms with E-state index in [9.17, 15) is 21.6 Å². The highest BCUT2D eigenvalue weighted by Gasteiger charge is 2.46. The van der Waals surface area contributed by atoms with Gasteiger partial charge < -0.3 is 4.90 Å². The molecule has 0 atom stereocenters. The number of sulfonamides is 2. The highest BCUT2D eigenvalue weighted by Crippen LogP contribution is 2.50. The van der Waals surface area contributed by atoms with Crippen LogP contribution in [0.3, 0.4) is 0 Å². The van der Waals surface area contributed by atoms with Crippen LogP contribution in [0.1, 0.15) is 68.9 Å². The number of fused-ring (bicyclic) bond motifs is 2. The van der Waals surface area contributed by atoms with E-state index in [0.29, 0.717) is 12.2 Å². The summed E-state index contributed by atoms with van der Waals surface area (Å²) in [4.78, 5) is 15.4. The number of carbonyl (C=O) groups is 1. The Morgan fingerprint density at radius 3 is 2.31 bits per heavy atom. The van der Waals surface area contributed by atoms with Gasteiger partial charge in [-0.15, -0.1) is 0 Å². The van der Waals surface area contributed by atoms with E-state index < -0.39 is 25.6 Å². The van der Waals surface area contributed by atoms with E-state index in [1.807, 2.05) is 6.07 Å². The number of carbonyl (C=O) groups excluding carboxylic acids is 1. The van der Waals surface area contributed by atoms with Crippen LogP contribution < -0.4 is 14.3 Å². The second-order valence-electron chi connectivity index (χ2n) is 10.7. The van der Waals surface area contributed by atoms with Gasteiger partial charge in [-0.2, -0.15) is 5.10 Å². The van der Waals surface area contributed by atoms with E-state index in [4.69, 9.17) is 0 Å². The minimum Gasteiger partial charge on any atom is -0.306 e. The molecule has 10 nitrogen and oxygen atoms in total. The third kappa shape index (κ3) is 5.24. The lowest BCUT2D eigenvalue weighted by Gasteiger charge is -2.34. The molecule has 2 aromatic rings. The lowest BCUT2D eigenvalue weighted by Crippen LogP contribution is -2.40. The molecule has 1 aromatic carbocycles. The highest BCUT2D eigenvalue weighted by atomic mass is 32.2. The summed E-state index contributed by atoms with van der Waals surface area (Å²) in [6, 6.07) is 6.55. The minimum absolute atomic E-state index is 0.163. The Labute approximate surface area is 207 Å². The predicted molar refractivity (Wildman–Crippen MR) is 135 cm³/mol. The summed E-state index contributed by atoms with van der Waals surface area (Å²) in [6.07, 6.45) is 6.07. The molecular weight excluding hydrogens is 490 g/mol. The van der Waals surface area contributed by atoms with Gasteiger partial charge >= 0.3 is 0 Å². The molecule has 35 heavy (non-hydrogen) atoms. The molecule has 2 N–H and O–H groups in total. The molecule has 2 aliphatic rings. The van der Waals surface area contributed by atoms with Crippen molar-refractivity contribution in [1.82, 2.24) is 14.5 Å². The fourth-order valence-corrected chi connectivity index (χ4v) is 7.11. The van der Waals surface area contributed by atoms with Crippen LogP contribution in [0.15, 0.2) is 29.3 Å². The summed E-state index contributed by atoms with van der Waals surface area (Å²) in [5.74, 6) is -0.343. The Balaban J connectivity index is 1.73. The molecule has 1 aliphatic heterocycles. The maximum atomic E-state index is 13.7. The van der Waals surface area contributed by atoms with Crippen LogP contribution in [0.2, 0.25) is 0 Å². The van der Waals surface area contributed by atoms with Crippen LogP contribution in [0.25, 0.3) is 0 Å². The molecule has 1 aromatic heterocycles. The van der Waals surface area contributed by atoms with Crippen LogP contribution in [-0.4, -0.2) is 50.9 Å². The van der Waals surface area contributed by atoms with Gasteiger partial charge in [-0.25, -0.2) is 21.6 Å². The Bertz CT molecular complexity index is 1370. The maximum Gasteiger partial charge on any atom is 0.276 e. The minimum atomic E-state index is -3.91. The smallest absolute Gasteiger partial charge is 0.276 e. The summed E-state index contributed by atoms with van der Waals surface area (Å²) < 4.78 is 55.5. The van der Waals surface area contributed by atoms with Crippen molar-refractivity contribution in [3.8, 4) is 0 Å². The largest absolute Gasteiger partial charge is 0.306 e. The Morgan fingerprint density at radius 1 is 1.06 bits per heavy atom. The topological polar surface area (TPSA) is 130 Å². The van der Waals surface area contributed by atoms with E-state index in [1.54, 1.807) is 44.9 Å². The molecule has 0 saturated heterocycles. The standard InChI is InChI=1S/C23H33N5O5S2/c1-22(2,3)26-35(32,33)20-14-19(27(4)24-20)21(29)28-15-23(11-7-6-8-12-23)17-13-16(9-10-18(17)28)25-34(5,30)31/h9-10,13-14,25-26H,6-8,11-12,15H2,1-5H3. The normalized spacial score (nSPS) is 18.0. The lowest BCUT2D eigenvalue weighted by molar-refractivity contribution is 0.0973. The number of benzene rings is 1. The quantitative estimate of drug-likeness (QED) is 0.620. The van der Waals surface area contributed by atoms with E-state index in [-0.39, 0.29) is 22.0 Å². The van der Waals surface area contributed by atoms with Crippen molar-refractivity contribution < 1.29 is 21.6 Å². The van der Waals surface area contributed by atoms with Gasteiger partial charge in [0, 0.05) is 42.0 Å². The average molecular weight is 524 g/mol. The number of hydrogen-bond acceptors (Lipinski definition) is 6. The fourth-order valence-electron chi connectivity index (χ4n) is 5.15. The number of rotatable bonds is 5. The summed E-state index contributed by atoms with van der Waals surface area (Å²) >= 11 is 0. The Kier molecular flexibility index (Phi) is 6.30. The van der Waals surface area contributed by atoms with Crippen LogP contribution in [0, 0.1) is 0 Å². The van der Waals surface area contributed by atoms with Crippen LogP contribution in [-0.2, 0) is 32.5 Å². The zero-order chi connectivity index (χ0) is 25.8. The lowest BCUT2D eigenvalue weighted by atomic mass is 9.70. The van der Waals surface area contributed by atoms with Gasteiger partial charge in [-0.3, -0.25) is 14.2 Å². The summed E-state index contributed by atoms with van der Waals surface area (Å²) in [5, 5.41) is 3.90. The number of nitrogens with zero attached hydrogens (tertiary/aromatic N) is 3. The van der Waals surface area contributed by atoms with Crippen molar-refractivity contribution in [3.05, 3.63) is 35.5 Å². The van der Waals surface area contributed by atoms with Crippen molar-refractivity contribution in [3.63, 3.8) is 0 Å². The molecule has 12 heteroatoms. The molecule has 4 rings (SSSR count). The highest BCUT2D eigenvalue weighted by molar-refractivity contribution is 7.92. The predicted octanol–water partition coefficient (Wildman–Crippen LogP) is 2.73. The first-order valence-electron chi connectivity index (χ1n) is 11.6. The van der Waals surface area contributed by atoms with Crippen molar-refractivity contribution in [1.29, 1.82) is 0 Å². The van der Waals surface area contributed by atoms with E-state index in [2.05, 4.69) is 14.5 Å². The molecule has 1 aliphatic carbocycles. The molecule has 1 amide bonds. The number of hydrogen-bond donors (Lipinski definition) is 2. The molecule has 1 fully saturated rings. The van der Waals surface area contributed by atoms with E-state index in [0.717, 1.165) is 49.6 Å². The molecule has 0 bridgehead atoms. The maximum absolute atomic E-state index is 13.7.